The number of methoxy groups -OCH3 is 1. The van der Waals surface area contributed by atoms with Gasteiger partial charge in [-0.05, 0) is 13.0 Å². The molecule has 94 valence electrons. The van der Waals surface area contributed by atoms with Crippen molar-refractivity contribution in [2.75, 3.05) is 7.11 Å². The van der Waals surface area contributed by atoms with E-state index in [-0.39, 0.29) is 5.82 Å². The minimum absolute atomic E-state index is 0.209. The molecule has 18 heavy (non-hydrogen) atoms. The Labute approximate surface area is 104 Å². The number of nitrogens with zero attached hydrogens (tertiary/aromatic N) is 3. The van der Waals surface area contributed by atoms with Crippen LogP contribution in [0.3, 0.4) is 0 Å². The van der Waals surface area contributed by atoms with Gasteiger partial charge < -0.3 is 9.84 Å². The molecule has 0 radical (unpaired) electrons. The number of hydrogen-bond acceptors (Lipinski definition) is 4. The van der Waals surface area contributed by atoms with Crippen molar-refractivity contribution in [2.24, 2.45) is 0 Å². The topological polar surface area (TPSA) is 77.2 Å². The predicted molar refractivity (Wildman–Crippen MR) is 63.8 cm³/mol. The molecule has 2 rings (SSSR count). The summed E-state index contributed by atoms with van der Waals surface area (Å²) in [6.07, 6.45) is 0. The van der Waals surface area contributed by atoms with Crippen LogP contribution in [-0.2, 0) is 11.3 Å². The molecule has 0 saturated heterocycles. The van der Waals surface area contributed by atoms with Crippen LogP contribution in [0.2, 0.25) is 0 Å². The molecule has 6 heteroatoms. The van der Waals surface area contributed by atoms with Crippen LogP contribution in [0.4, 0.5) is 0 Å². The molecule has 2 aromatic rings. The summed E-state index contributed by atoms with van der Waals surface area (Å²) in [5.74, 6) is -0.822. The van der Waals surface area contributed by atoms with Crippen LogP contribution >= 0.6 is 0 Å². The van der Waals surface area contributed by atoms with Crippen molar-refractivity contribution < 1.29 is 14.6 Å². The normalized spacial score (nSPS) is 10.6. The van der Waals surface area contributed by atoms with Gasteiger partial charge >= 0.3 is 5.97 Å². The van der Waals surface area contributed by atoms with E-state index in [2.05, 4.69) is 10.1 Å². The fourth-order valence-corrected chi connectivity index (χ4v) is 1.70. The maximum absolute atomic E-state index is 10.8. The Morgan fingerprint density at radius 1 is 1.44 bits per heavy atom. The van der Waals surface area contributed by atoms with Crippen molar-refractivity contribution in [3.63, 3.8) is 0 Å². The molecule has 0 amide bonds. The number of carbonyl (C=O) groups is 1. The summed E-state index contributed by atoms with van der Waals surface area (Å²) in [5, 5.41) is 12.9. The number of hydrogen-bond donors (Lipinski definition) is 1. The minimum Gasteiger partial charge on any atom is -0.475 e. The molecular formula is C12H13N3O3. The van der Waals surface area contributed by atoms with Gasteiger partial charge in [0.15, 0.2) is 0 Å². The number of benzene rings is 1. The number of rotatable bonds is 4. The lowest BCUT2D eigenvalue weighted by molar-refractivity contribution is 0.0683. The molecule has 0 aliphatic rings. The minimum atomic E-state index is -1.14. The van der Waals surface area contributed by atoms with Gasteiger partial charge in [-0.1, -0.05) is 18.2 Å². The summed E-state index contributed by atoms with van der Waals surface area (Å²) in [6.45, 7) is 2.14. The van der Waals surface area contributed by atoms with Crippen molar-refractivity contribution >= 4 is 5.97 Å². The smallest absolute Gasteiger partial charge is 0.375 e. The van der Waals surface area contributed by atoms with Crippen LogP contribution in [0, 0.1) is 6.92 Å². The molecule has 1 N–H and O–H groups in total. The van der Waals surface area contributed by atoms with Gasteiger partial charge in [-0.2, -0.15) is 0 Å². The van der Waals surface area contributed by atoms with Crippen LogP contribution in [-0.4, -0.2) is 33.0 Å². The van der Waals surface area contributed by atoms with E-state index in [1.807, 2.05) is 24.3 Å². The Bertz CT molecular complexity index is 578. The van der Waals surface area contributed by atoms with Gasteiger partial charge in [-0.25, -0.2) is 14.5 Å². The van der Waals surface area contributed by atoms with Crippen LogP contribution in [0.15, 0.2) is 24.3 Å². The fraction of sp³-hybridized carbons (Fsp3) is 0.250. The Kier molecular flexibility index (Phi) is 3.38. The standard InChI is InChI=1S/C12H13N3O3/c1-8-13-11(12(16)17)14-15(8)10-6-4-3-5-9(10)7-18-2/h3-6H,7H2,1-2H3,(H,16,17). The average Bonchev–Trinajstić information content (AvgIpc) is 2.73. The largest absolute Gasteiger partial charge is 0.475 e. The molecule has 1 heterocycles. The van der Waals surface area contributed by atoms with Gasteiger partial charge in [-0.3, -0.25) is 0 Å². The first-order chi connectivity index (χ1) is 8.63. The first-order valence-corrected chi connectivity index (χ1v) is 5.37. The maximum atomic E-state index is 10.8. The van der Waals surface area contributed by atoms with Gasteiger partial charge in [0.2, 0.25) is 0 Å². The highest BCUT2D eigenvalue weighted by atomic mass is 16.5. The Hall–Kier alpha value is -2.21. The highest BCUT2D eigenvalue weighted by Gasteiger charge is 2.15. The number of carboxylic acid groups (broad SMARTS) is 1. The average molecular weight is 247 g/mol. The summed E-state index contributed by atoms with van der Waals surface area (Å²) >= 11 is 0. The lowest BCUT2D eigenvalue weighted by Crippen LogP contribution is -2.05. The second kappa shape index (κ2) is 4.97. The quantitative estimate of drug-likeness (QED) is 0.884. The van der Waals surface area contributed by atoms with Gasteiger partial charge in [0.1, 0.15) is 5.82 Å². The van der Waals surface area contributed by atoms with Crippen molar-refractivity contribution in [3.05, 3.63) is 41.5 Å². The summed E-state index contributed by atoms with van der Waals surface area (Å²) in [5.41, 5.74) is 1.70. The first kappa shape index (κ1) is 12.3. The van der Waals surface area contributed by atoms with Crippen LogP contribution < -0.4 is 0 Å². The van der Waals surface area contributed by atoms with E-state index in [4.69, 9.17) is 9.84 Å². The fourth-order valence-electron chi connectivity index (χ4n) is 1.70. The zero-order valence-electron chi connectivity index (χ0n) is 10.1. The highest BCUT2D eigenvalue weighted by Crippen LogP contribution is 2.16. The number of aryl methyl sites for hydroxylation is 1. The van der Waals surface area contributed by atoms with Crippen LogP contribution in [0.1, 0.15) is 22.0 Å². The van der Waals surface area contributed by atoms with E-state index in [1.165, 1.54) is 4.68 Å². The molecule has 0 bridgehead atoms. The van der Waals surface area contributed by atoms with Crippen LogP contribution in [0.5, 0.6) is 0 Å². The molecule has 0 spiro atoms. The van der Waals surface area contributed by atoms with Gasteiger partial charge in [0.25, 0.3) is 5.82 Å². The number of aromatic nitrogens is 3. The Balaban J connectivity index is 2.51. The van der Waals surface area contributed by atoms with Gasteiger partial charge in [-0.15, -0.1) is 5.10 Å². The molecule has 0 saturated carbocycles. The van der Waals surface area contributed by atoms with Gasteiger partial charge in [0, 0.05) is 12.7 Å². The Morgan fingerprint density at radius 2 is 2.17 bits per heavy atom. The van der Waals surface area contributed by atoms with Crippen LogP contribution in [0.25, 0.3) is 5.69 Å². The molecule has 0 aliphatic heterocycles. The molecular weight excluding hydrogens is 234 g/mol. The van der Waals surface area contributed by atoms with E-state index in [0.29, 0.717) is 12.4 Å². The summed E-state index contributed by atoms with van der Waals surface area (Å²) in [6, 6.07) is 7.50. The summed E-state index contributed by atoms with van der Waals surface area (Å²) in [7, 11) is 1.60. The van der Waals surface area contributed by atoms with E-state index in [9.17, 15) is 4.79 Å². The lowest BCUT2D eigenvalue weighted by atomic mass is 10.2. The van der Waals surface area contributed by atoms with E-state index < -0.39 is 5.97 Å². The molecule has 0 aliphatic carbocycles. The SMILES string of the molecule is COCc1ccccc1-n1nc(C(=O)O)nc1C. The number of carboxylic acids is 1. The molecule has 0 unspecified atom stereocenters. The number of ether oxygens (including phenoxy) is 1. The second-order valence-corrected chi connectivity index (χ2v) is 3.76. The number of aromatic carboxylic acids is 1. The van der Waals surface area contributed by atoms with E-state index >= 15 is 0 Å². The zero-order valence-corrected chi connectivity index (χ0v) is 10.1. The highest BCUT2D eigenvalue weighted by molar-refractivity contribution is 5.83. The molecule has 0 fully saturated rings. The van der Waals surface area contributed by atoms with Crippen molar-refractivity contribution in [1.29, 1.82) is 0 Å². The molecule has 1 aromatic carbocycles. The third-order valence-corrected chi connectivity index (χ3v) is 2.48. The molecule has 0 atom stereocenters. The molecule has 6 nitrogen and oxygen atoms in total. The van der Waals surface area contributed by atoms with Crippen molar-refractivity contribution in [3.8, 4) is 5.69 Å². The van der Waals surface area contributed by atoms with Crippen molar-refractivity contribution in [2.45, 2.75) is 13.5 Å². The Morgan fingerprint density at radius 3 is 2.78 bits per heavy atom. The third-order valence-electron chi connectivity index (χ3n) is 2.48. The lowest BCUT2D eigenvalue weighted by Gasteiger charge is -2.09. The van der Waals surface area contributed by atoms with E-state index in [0.717, 1.165) is 11.3 Å². The maximum Gasteiger partial charge on any atom is 0.375 e. The van der Waals surface area contributed by atoms with Gasteiger partial charge in [0.05, 0.1) is 12.3 Å². The van der Waals surface area contributed by atoms with Crippen molar-refractivity contribution in [1.82, 2.24) is 14.8 Å². The zero-order chi connectivity index (χ0) is 13.1. The monoisotopic (exact) mass is 247 g/mol. The second-order valence-electron chi connectivity index (χ2n) is 3.76. The summed E-state index contributed by atoms with van der Waals surface area (Å²) in [4.78, 5) is 14.7. The first-order valence-electron chi connectivity index (χ1n) is 5.37. The molecule has 1 aromatic heterocycles. The number of para-hydroxylation sites is 1. The predicted octanol–water partition coefficient (Wildman–Crippen LogP) is 1.42. The van der Waals surface area contributed by atoms with E-state index in [1.54, 1.807) is 14.0 Å². The summed E-state index contributed by atoms with van der Waals surface area (Å²) < 4.78 is 6.62. The third kappa shape index (κ3) is 2.23.